The highest BCUT2D eigenvalue weighted by molar-refractivity contribution is 7.92. The van der Waals surface area contributed by atoms with E-state index in [1.807, 2.05) is 6.07 Å². The molecule has 166 valence electrons. The van der Waals surface area contributed by atoms with E-state index in [9.17, 15) is 21.6 Å². The van der Waals surface area contributed by atoms with Crippen molar-refractivity contribution in [1.82, 2.24) is 24.5 Å². The molecule has 0 saturated heterocycles. The number of fused-ring (bicyclic) bond motifs is 1. The van der Waals surface area contributed by atoms with E-state index in [2.05, 4.69) is 19.9 Å². The van der Waals surface area contributed by atoms with Crippen LogP contribution in [0.2, 0.25) is 0 Å². The number of aryl methyl sites for hydroxylation is 1. The Morgan fingerprint density at radius 1 is 1.09 bits per heavy atom. The van der Waals surface area contributed by atoms with Crippen molar-refractivity contribution in [2.24, 2.45) is 7.05 Å². The molecule has 3 heterocycles. The van der Waals surface area contributed by atoms with Crippen molar-refractivity contribution in [3.63, 3.8) is 0 Å². The normalized spacial score (nSPS) is 17.2. The third-order valence-electron chi connectivity index (χ3n) is 5.45. The number of para-hydroxylation sites is 1. The lowest BCUT2D eigenvalue weighted by molar-refractivity contribution is -0.174. The predicted molar refractivity (Wildman–Crippen MR) is 110 cm³/mol. The first-order valence-electron chi connectivity index (χ1n) is 9.58. The molecule has 0 unspecified atom stereocenters. The number of hydrogen-bond donors (Lipinski definition) is 1. The molecule has 0 amide bonds. The van der Waals surface area contributed by atoms with E-state index in [1.165, 1.54) is 24.5 Å². The Kier molecular flexibility index (Phi) is 4.35. The SMILES string of the molecule is Cn1ncc2cccc(NS(=O)(=O)c3cnn(-c4cc(C5(F)CC(F)(F)C5)ccn4)c3)c21. The molecule has 1 N–H and O–H groups in total. The highest BCUT2D eigenvalue weighted by Crippen LogP contribution is 2.54. The first kappa shape index (κ1) is 20.5. The molecule has 1 aromatic carbocycles. The van der Waals surface area contributed by atoms with Crippen molar-refractivity contribution in [3.05, 3.63) is 60.7 Å². The number of nitrogens with zero attached hydrogens (tertiary/aromatic N) is 5. The lowest BCUT2D eigenvalue weighted by Crippen LogP contribution is -2.46. The average molecular weight is 462 g/mol. The van der Waals surface area contributed by atoms with E-state index >= 15 is 0 Å². The number of pyridine rings is 1. The van der Waals surface area contributed by atoms with Crippen LogP contribution < -0.4 is 4.72 Å². The average Bonchev–Trinajstić information content (AvgIpc) is 3.35. The summed E-state index contributed by atoms with van der Waals surface area (Å²) in [5, 5.41) is 8.91. The third-order valence-corrected chi connectivity index (χ3v) is 6.77. The van der Waals surface area contributed by atoms with Crippen molar-refractivity contribution in [2.75, 3.05) is 4.72 Å². The van der Waals surface area contributed by atoms with E-state index in [0.717, 1.165) is 16.3 Å². The molecule has 3 aromatic heterocycles. The van der Waals surface area contributed by atoms with Gasteiger partial charge < -0.3 is 0 Å². The monoisotopic (exact) mass is 462 g/mol. The summed E-state index contributed by atoms with van der Waals surface area (Å²) in [6, 6.07) is 7.76. The van der Waals surface area contributed by atoms with Gasteiger partial charge >= 0.3 is 0 Å². The molecular formula is C20H17F3N6O2S. The van der Waals surface area contributed by atoms with Crippen LogP contribution in [-0.4, -0.2) is 38.9 Å². The molecule has 32 heavy (non-hydrogen) atoms. The number of nitrogens with one attached hydrogen (secondary N) is 1. The van der Waals surface area contributed by atoms with Crippen molar-refractivity contribution in [3.8, 4) is 5.82 Å². The first-order chi connectivity index (χ1) is 15.1. The Labute approximate surface area is 180 Å². The molecule has 1 saturated carbocycles. The zero-order valence-electron chi connectivity index (χ0n) is 16.7. The van der Waals surface area contributed by atoms with Crippen LogP contribution in [0, 0.1) is 0 Å². The molecule has 4 aromatic rings. The van der Waals surface area contributed by atoms with Gasteiger partial charge in [0.2, 0.25) is 0 Å². The van der Waals surface area contributed by atoms with E-state index in [-0.39, 0.29) is 16.3 Å². The fourth-order valence-electron chi connectivity index (χ4n) is 3.88. The van der Waals surface area contributed by atoms with Crippen molar-refractivity contribution < 1.29 is 21.6 Å². The molecule has 0 aliphatic heterocycles. The quantitative estimate of drug-likeness (QED) is 0.490. The lowest BCUT2D eigenvalue weighted by atomic mass is 9.74. The van der Waals surface area contributed by atoms with Crippen molar-refractivity contribution in [2.45, 2.75) is 29.3 Å². The van der Waals surface area contributed by atoms with Crippen LogP contribution in [0.3, 0.4) is 0 Å². The highest BCUT2D eigenvalue weighted by atomic mass is 32.2. The number of aromatic nitrogens is 5. The summed E-state index contributed by atoms with van der Waals surface area (Å²) in [7, 11) is -2.31. The maximum atomic E-state index is 14.7. The topological polar surface area (TPSA) is 94.7 Å². The third kappa shape index (κ3) is 3.40. The minimum absolute atomic E-state index is 0.0503. The van der Waals surface area contributed by atoms with Crippen LogP contribution in [0.5, 0.6) is 0 Å². The molecule has 0 atom stereocenters. The first-order valence-corrected chi connectivity index (χ1v) is 11.1. The fraction of sp³-hybridized carbons (Fsp3) is 0.250. The van der Waals surface area contributed by atoms with Gasteiger partial charge in [0.05, 0.1) is 29.8 Å². The zero-order valence-corrected chi connectivity index (χ0v) is 17.5. The van der Waals surface area contributed by atoms with E-state index in [0.29, 0.717) is 11.2 Å². The van der Waals surface area contributed by atoms with Gasteiger partial charge in [0.1, 0.15) is 10.6 Å². The molecule has 1 aliphatic carbocycles. The zero-order chi connectivity index (χ0) is 22.7. The number of alkyl halides is 3. The van der Waals surface area contributed by atoms with Crippen LogP contribution in [0.25, 0.3) is 16.7 Å². The summed E-state index contributed by atoms with van der Waals surface area (Å²) in [6.07, 6.45) is 3.46. The van der Waals surface area contributed by atoms with Gasteiger partial charge in [-0.1, -0.05) is 12.1 Å². The van der Waals surface area contributed by atoms with Crippen LogP contribution in [0.4, 0.5) is 18.9 Å². The van der Waals surface area contributed by atoms with Crippen molar-refractivity contribution >= 4 is 26.6 Å². The summed E-state index contributed by atoms with van der Waals surface area (Å²) in [4.78, 5) is 3.92. The molecule has 5 rings (SSSR count). The molecule has 12 heteroatoms. The maximum Gasteiger partial charge on any atom is 0.265 e. The number of rotatable bonds is 5. The van der Waals surface area contributed by atoms with Crippen LogP contribution in [0.1, 0.15) is 18.4 Å². The molecule has 0 radical (unpaired) electrons. The van der Waals surface area contributed by atoms with Crippen LogP contribution in [-0.2, 0) is 22.7 Å². The van der Waals surface area contributed by atoms with Gasteiger partial charge in [0, 0.05) is 31.5 Å². The minimum atomic E-state index is -4.01. The number of hydrogen-bond acceptors (Lipinski definition) is 5. The number of halogens is 3. The van der Waals surface area contributed by atoms with Gasteiger partial charge in [-0.25, -0.2) is 31.3 Å². The molecule has 0 spiro atoms. The molecular weight excluding hydrogens is 445 g/mol. The van der Waals surface area contributed by atoms with Crippen LogP contribution >= 0.6 is 0 Å². The minimum Gasteiger partial charge on any atom is -0.277 e. The molecule has 1 fully saturated rings. The van der Waals surface area contributed by atoms with Gasteiger partial charge in [-0.15, -0.1) is 0 Å². The second kappa shape index (κ2) is 6.79. The summed E-state index contributed by atoms with van der Waals surface area (Å²) >= 11 is 0. The maximum absolute atomic E-state index is 14.7. The van der Waals surface area contributed by atoms with Gasteiger partial charge in [0.15, 0.2) is 5.82 Å². The van der Waals surface area contributed by atoms with E-state index in [1.54, 1.807) is 30.1 Å². The van der Waals surface area contributed by atoms with Crippen molar-refractivity contribution in [1.29, 1.82) is 0 Å². The smallest absolute Gasteiger partial charge is 0.265 e. The van der Waals surface area contributed by atoms with Gasteiger partial charge in [-0.2, -0.15) is 10.2 Å². The van der Waals surface area contributed by atoms with E-state index < -0.39 is 34.5 Å². The highest BCUT2D eigenvalue weighted by Gasteiger charge is 2.58. The number of anilines is 1. The fourth-order valence-corrected chi connectivity index (χ4v) is 4.88. The standard InChI is InChI=1S/C20H17F3N6O2S/c1-28-18-13(8-25-28)3-2-4-16(18)27-32(30,31)15-9-26-29(10-15)17-7-14(5-6-24-17)19(21)11-20(22,23)12-19/h2-10,27H,11-12H2,1H3. The summed E-state index contributed by atoms with van der Waals surface area (Å²) in [5.74, 6) is -2.92. The van der Waals surface area contributed by atoms with Gasteiger partial charge in [-0.05, 0) is 23.8 Å². The molecule has 8 nitrogen and oxygen atoms in total. The molecule has 1 aliphatic rings. The predicted octanol–water partition coefficient (Wildman–Crippen LogP) is 3.55. The second-order valence-corrected chi connectivity index (χ2v) is 9.50. The molecule has 0 bridgehead atoms. The Bertz CT molecular complexity index is 1440. The second-order valence-electron chi connectivity index (χ2n) is 7.82. The Balaban J connectivity index is 1.43. The Morgan fingerprint density at radius 3 is 2.62 bits per heavy atom. The number of benzene rings is 1. The lowest BCUT2D eigenvalue weighted by Gasteiger charge is -2.41. The van der Waals surface area contributed by atoms with E-state index in [4.69, 9.17) is 0 Å². The largest absolute Gasteiger partial charge is 0.277 e. The van der Waals surface area contributed by atoms with Gasteiger partial charge in [0.25, 0.3) is 15.9 Å². The Morgan fingerprint density at radius 2 is 1.88 bits per heavy atom. The number of sulfonamides is 1. The summed E-state index contributed by atoms with van der Waals surface area (Å²) < 4.78 is 72.2. The van der Waals surface area contributed by atoms with Gasteiger partial charge in [-0.3, -0.25) is 9.40 Å². The Hall–Kier alpha value is -3.41. The van der Waals surface area contributed by atoms with Crippen LogP contribution in [0.15, 0.2) is 60.0 Å². The summed E-state index contributed by atoms with van der Waals surface area (Å²) in [6.45, 7) is 0. The summed E-state index contributed by atoms with van der Waals surface area (Å²) in [5.41, 5.74) is -1.13.